The van der Waals surface area contributed by atoms with Crippen molar-refractivity contribution >= 4 is 11.7 Å². The van der Waals surface area contributed by atoms with Crippen LogP contribution in [-0.4, -0.2) is 27.9 Å². The van der Waals surface area contributed by atoms with E-state index in [1.54, 1.807) is 7.11 Å². The lowest BCUT2D eigenvalue weighted by molar-refractivity contribution is 0.251. The molecule has 0 aliphatic rings. The molecule has 0 aliphatic heterocycles. The van der Waals surface area contributed by atoms with E-state index in [-0.39, 0.29) is 6.03 Å². The number of methoxy groups -OCH3 is 1. The fourth-order valence-corrected chi connectivity index (χ4v) is 3.37. The molecule has 0 saturated carbocycles. The molecule has 156 valence electrons. The lowest BCUT2D eigenvalue weighted by atomic mass is 10.0. The van der Waals surface area contributed by atoms with Gasteiger partial charge in [0.05, 0.1) is 7.11 Å². The first-order valence-corrected chi connectivity index (χ1v) is 10.2. The van der Waals surface area contributed by atoms with Crippen molar-refractivity contribution in [2.45, 2.75) is 20.3 Å². The fourth-order valence-electron chi connectivity index (χ4n) is 3.37. The molecule has 0 bridgehead atoms. The summed E-state index contributed by atoms with van der Waals surface area (Å²) in [5.41, 5.74) is 4.57. The largest absolute Gasteiger partial charge is 0.497 e. The smallest absolute Gasteiger partial charge is 0.348 e. The number of carbonyl (C=O) groups excluding carboxylic acids is 1. The number of aromatic nitrogens is 3. The highest BCUT2D eigenvalue weighted by atomic mass is 16.5. The first-order chi connectivity index (χ1) is 15.1. The van der Waals surface area contributed by atoms with E-state index in [9.17, 15) is 4.79 Å². The molecule has 0 fully saturated rings. The van der Waals surface area contributed by atoms with Crippen LogP contribution in [-0.2, 0) is 6.42 Å². The van der Waals surface area contributed by atoms with Crippen LogP contribution in [0.25, 0.3) is 22.8 Å². The van der Waals surface area contributed by atoms with Crippen LogP contribution in [0, 0.1) is 6.92 Å². The zero-order valence-electron chi connectivity index (χ0n) is 17.8. The van der Waals surface area contributed by atoms with Crippen molar-refractivity contribution in [1.29, 1.82) is 0 Å². The number of aryl methyl sites for hydroxylation is 2. The van der Waals surface area contributed by atoms with E-state index >= 15 is 0 Å². The molecule has 4 aromatic rings. The van der Waals surface area contributed by atoms with Crippen LogP contribution >= 0.6 is 0 Å². The molecular weight excluding hydrogens is 388 g/mol. The van der Waals surface area contributed by atoms with Crippen molar-refractivity contribution in [3.05, 3.63) is 83.9 Å². The van der Waals surface area contributed by atoms with E-state index in [1.165, 1.54) is 4.68 Å². The summed E-state index contributed by atoms with van der Waals surface area (Å²) in [5.74, 6) is 1.66. The fraction of sp³-hybridized carbons (Fsp3) is 0.160. The third-order valence-electron chi connectivity index (χ3n) is 5.07. The van der Waals surface area contributed by atoms with E-state index in [0.29, 0.717) is 23.1 Å². The van der Waals surface area contributed by atoms with E-state index < -0.39 is 0 Å². The molecular formula is C25H24N4O2. The number of ether oxygens (including phenoxy) is 1. The number of anilines is 1. The Morgan fingerprint density at radius 2 is 1.81 bits per heavy atom. The Labute approximate surface area is 181 Å². The highest BCUT2D eigenvalue weighted by Crippen LogP contribution is 2.27. The summed E-state index contributed by atoms with van der Waals surface area (Å²) in [6.07, 6.45) is 0.817. The van der Waals surface area contributed by atoms with Crippen LogP contribution in [0.3, 0.4) is 0 Å². The summed E-state index contributed by atoms with van der Waals surface area (Å²) in [6.45, 7) is 4.08. The second-order valence-electron chi connectivity index (χ2n) is 7.21. The monoisotopic (exact) mass is 412 g/mol. The molecule has 3 aromatic carbocycles. The predicted molar refractivity (Wildman–Crippen MR) is 122 cm³/mol. The lowest BCUT2D eigenvalue weighted by Gasteiger charge is -2.10. The van der Waals surface area contributed by atoms with Crippen molar-refractivity contribution in [3.8, 4) is 28.5 Å². The van der Waals surface area contributed by atoms with Crippen LogP contribution < -0.4 is 10.1 Å². The Hall–Kier alpha value is -3.93. The number of nitrogens with one attached hydrogen (secondary N) is 1. The second-order valence-corrected chi connectivity index (χ2v) is 7.21. The van der Waals surface area contributed by atoms with Gasteiger partial charge in [0.1, 0.15) is 5.75 Å². The van der Waals surface area contributed by atoms with Gasteiger partial charge in [-0.15, -0.1) is 5.10 Å². The third-order valence-corrected chi connectivity index (χ3v) is 5.07. The van der Waals surface area contributed by atoms with Gasteiger partial charge in [-0.3, -0.25) is 0 Å². The van der Waals surface area contributed by atoms with Gasteiger partial charge in [0, 0.05) is 16.8 Å². The standard InChI is InChI=1S/C25H24N4O2/c1-4-18-8-5-6-11-22(18)24-27-23(19-9-7-10-21(16-19)31-3)28-29(24)25(30)26-20-14-12-17(2)13-15-20/h5-16H,4H2,1-3H3,(H,26,30). The Morgan fingerprint density at radius 3 is 2.55 bits per heavy atom. The van der Waals surface area contributed by atoms with E-state index in [2.05, 4.69) is 17.3 Å². The number of nitrogens with zero attached hydrogens (tertiary/aromatic N) is 3. The molecule has 0 saturated heterocycles. The molecule has 1 heterocycles. The zero-order valence-corrected chi connectivity index (χ0v) is 17.8. The van der Waals surface area contributed by atoms with Gasteiger partial charge in [0.2, 0.25) is 0 Å². The molecule has 6 heteroatoms. The first kappa shape index (κ1) is 20.3. The van der Waals surface area contributed by atoms with E-state index in [1.807, 2.05) is 79.7 Å². The maximum absolute atomic E-state index is 13.2. The first-order valence-electron chi connectivity index (χ1n) is 10.2. The van der Waals surface area contributed by atoms with Crippen LogP contribution in [0.2, 0.25) is 0 Å². The molecule has 6 nitrogen and oxygen atoms in total. The van der Waals surface area contributed by atoms with Gasteiger partial charge in [-0.1, -0.05) is 61.0 Å². The number of carbonyl (C=O) groups is 1. The van der Waals surface area contributed by atoms with Crippen molar-refractivity contribution in [1.82, 2.24) is 14.8 Å². The SMILES string of the molecule is CCc1ccccc1-c1nc(-c2cccc(OC)c2)nn1C(=O)Nc1ccc(C)cc1. The van der Waals surface area contributed by atoms with E-state index in [4.69, 9.17) is 9.72 Å². The quantitative estimate of drug-likeness (QED) is 0.465. The van der Waals surface area contributed by atoms with Crippen molar-refractivity contribution in [2.75, 3.05) is 12.4 Å². The van der Waals surface area contributed by atoms with Gasteiger partial charge in [-0.2, -0.15) is 4.68 Å². The van der Waals surface area contributed by atoms with Gasteiger partial charge in [0.25, 0.3) is 0 Å². The van der Waals surface area contributed by atoms with Gasteiger partial charge in [-0.25, -0.2) is 9.78 Å². The van der Waals surface area contributed by atoms with Gasteiger partial charge < -0.3 is 10.1 Å². The van der Waals surface area contributed by atoms with E-state index in [0.717, 1.165) is 28.7 Å². The highest BCUT2D eigenvalue weighted by molar-refractivity contribution is 5.93. The summed E-state index contributed by atoms with van der Waals surface area (Å²) < 4.78 is 6.67. The number of amides is 1. The normalized spacial score (nSPS) is 10.7. The van der Waals surface area contributed by atoms with Crippen molar-refractivity contribution in [2.24, 2.45) is 0 Å². The maximum Gasteiger partial charge on any atom is 0.348 e. The van der Waals surface area contributed by atoms with Gasteiger partial charge >= 0.3 is 6.03 Å². The Morgan fingerprint density at radius 1 is 1.03 bits per heavy atom. The summed E-state index contributed by atoms with van der Waals surface area (Å²) >= 11 is 0. The van der Waals surface area contributed by atoms with Crippen molar-refractivity contribution in [3.63, 3.8) is 0 Å². The molecule has 0 atom stereocenters. The minimum absolute atomic E-state index is 0.369. The Bertz CT molecular complexity index is 1210. The van der Waals surface area contributed by atoms with Gasteiger partial charge in [0.15, 0.2) is 11.6 Å². The molecule has 4 rings (SSSR count). The number of benzene rings is 3. The minimum Gasteiger partial charge on any atom is -0.497 e. The number of hydrogen-bond acceptors (Lipinski definition) is 4. The number of rotatable bonds is 5. The summed E-state index contributed by atoms with van der Waals surface area (Å²) in [6, 6.07) is 22.7. The lowest BCUT2D eigenvalue weighted by Crippen LogP contribution is -2.22. The third kappa shape index (κ3) is 4.33. The van der Waals surface area contributed by atoms with Crippen LogP contribution in [0.4, 0.5) is 10.5 Å². The van der Waals surface area contributed by atoms with Gasteiger partial charge in [-0.05, 0) is 43.2 Å². The molecule has 0 spiro atoms. The second kappa shape index (κ2) is 8.83. The van der Waals surface area contributed by atoms with Crippen LogP contribution in [0.1, 0.15) is 18.1 Å². The molecule has 0 aliphatic carbocycles. The summed E-state index contributed by atoms with van der Waals surface area (Å²) in [5, 5.41) is 7.48. The molecule has 0 radical (unpaired) electrons. The summed E-state index contributed by atoms with van der Waals surface area (Å²) in [4.78, 5) is 17.9. The zero-order chi connectivity index (χ0) is 21.8. The maximum atomic E-state index is 13.2. The molecule has 31 heavy (non-hydrogen) atoms. The molecule has 1 aromatic heterocycles. The number of hydrogen-bond donors (Lipinski definition) is 1. The topological polar surface area (TPSA) is 69.0 Å². The van der Waals surface area contributed by atoms with Crippen molar-refractivity contribution < 1.29 is 9.53 Å². The molecule has 1 amide bonds. The van der Waals surface area contributed by atoms with Crippen LogP contribution in [0.5, 0.6) is 5.75 Å². The Kier molecular flexibility index (Phi) is 5.80. The average molecular weight is 412 g/mol. The van der Waals surface area contributed by atoms with Crippen LogP contribution in [0.15, 0.2) is 72.8 Å². The highest BCUT2D eigenvalue weighted by Gasteiger charge is 2.20. The Balaban J connectivity index is 1.80. The predicted octanol–water partition coefficient (Wildman–Crippen LogP) is 5.57. The summed E-state index contributed by atoms with van der Waals surface area (Å²) in [7, 11) is 1.61. The average Bonchev–Trinajstić information content (AvgIpc) is 3.26. The molecule has 1 N–H and O–H groups in total. The molecule has 0 unspecified atom stereocenters. The minimum atomic E-state index is -0.369.